The molecule has 0 heterocycles. The second kappa shape index (κ2) is 5.35. The number of hydrogen-bond donors (Lipinski definition) is 0. The summed E-state index contributed by atoms with van der Waals surface area (Å²) in [5.41, 5.74) is 0.659. The summed E-state index contributed by atoms with van der Waals surface area (Å²) in [7, 11) is -1.04. The molecule has 2 aliphatic carbocycles. The molecule has 0 spiro atoms. The molecule has 1 fully saturated rings. The molecule has 0 amide bonds. The number of allylic oxidation sites excluding steroid dienone is 1. The van der Waals surface area contributed by atoms with Crippen LogP contribution in [0, 0.1) is 5.92 Å². The van der Waals surface area contributed by atoms with E-state index >= 15 is 0 Å². The molecule has 2 bridgehead atoms. The van der Waals surface area contributed by atoms with E-state index in [2.05, 4.69) is 26.2 Å². The fourth-order valence-corrected chi connectivity index (χ4v) is 3.36. The summed E-state index contributed by atoms with van der Waals surface area (Å²) in [4.78, 5) is 11.7. The highest BCUT2D eigenvalue weighted by atomic mass is 28.3. The highest BCUT2D eigenvalue weighted by Gasteiger charge is 2.45. The summed E-state index contributed by atoms with van der Waals surface area (Å²) in [6.07, 6.45) is 5.02. The maximum absolute atomic E-state index is 11.7. The molecule has 106 valence electrons. The number of fused-ring (bicyclic) bond motifs is 2. The summed E-state index contributed by atoms with van der Waals surface area (Å²) in [6, 6.07) is 1.15. The van der Waals surface area contributed by atoms with Crippen LogP contribution in [0.4, 0.5) is 0 Å². The zero-order valence-corrected chi connectivity index (χ0v) is 13.2. The highest BCUT2D eigenvalue weighted by molar-refractivity contribution is 6.76. The zero-order valence-electron chi connectivity index (χ0n) is 12.2. The van der Waals surface area contributed by atoms with E-state index in [1.54, 1.807) is 6.08 Å². The largest absolute Gasteiger partial charge is 0.356 e. The van der Waals surface area contributed by atoms with E-state index in [1.807, 2.05) is 6.08 Å². The Morgan fingerprint density at radius 1 is 1.47 bits per heavy atom. The van der Waals surface area contributed by atoms with Crippen molar-refractivity contribution in [3.63, 3.8) is 0 Å². The average Bonchev–Trinajstić information content (AvgIpc) is 2.57. The van der Waals surface area contributed by atoms with Gasteiger partial charge in [-0.05, 0) is 24.6 Å². The Balaban J connectivity index is 1.79. The predicted molar refractivity (Wildman–Crippen MR) is 78.8 cm³/mol. The predicted octanol–water partition coefficient (Wildman–Crippen LogP) is 3.16. The van der Waals surface area contributed by atoms with Crippen molar-refractivity contribution in [3.05, 3.63) is 24.3 Å². The summed E-state index contributed by atoms with van der Waals surface area (Å²) < 4.78 is 11.5. The molecule has 19 heavy (non-hydrogen) atoms. The zero-order chi connectivity index (χ0) is 14.1. The number of hydrogen-bond acceptors (Lipinski definition) is 3. The molecule has 4 heteroatoms. The smallest absolute Gasteiger partial charge is 0.162 e. The van der Waals surface area contributed by atoms with E-state index in [0.717, 1.165) is 31.1 Å². The lowest BCUT2D eigenvalue weighted by molar-refractivity contribution is -0.128. The summed E-state index contributed by atoms with van der Waals surface area (Å²) >= 11 is 0. The van der Waals surface area contributed by atoms with Crippen molar-refractivity contribution in [1.82, 2.24) is 0 Å². The van der Waals surface area contributed by atoms with Crippen LogP contribution in [0.15, 0.2) is 24.3 Å². The summed E-state index contributed by atoms with van der Waals surface area (Å²) in [6.45, 7) is 12.1. The van der Waals surface area contributed by atoms with E-state index in [9.17, 15) is 4.79 Å². The molecule has 0 radical (unpaired) electrons. The quantitative estimate of drug-likeness (QED) is 0.324. The van der Waals surface area contributed by atoms with Gasteiger partial charge in [0.25, 0.3) is 0 Å². The Labute approximate surface area is 116 Å². The first-order valence-electron chi connectivity index (χ1n) is 6.94. The van der Waals surface area contributed by atoms with Crippen LogP contribution in [-0.4, -0.2) is 32.9 Å². The monoisotopic (exact) mass is 280 g/mol. The first kappa shape index (κ1) is 14.7. The molecule has 0 aromatic carbocycles. The molecular weight excluding hydrogens is 256 g/mol. The first-order chi connectivity index (χ1) is 8.81. The number of ketones is 1. The van der Waals surface area contributed by atoms with Crippen molar-refractivity contribution in [2.45, 2.75) is 44.1 Å². The Kier molecular flexibility index (Phi) is 4.13. The molecule has 0 aromatic rings. The molecule has 0 unspecified atom stereocenters. The van der Waals surface area contributed by atoms with Gasteiger partial charge in [-0.25, -0.2) is 0 Å². The Morgan fingerprint density at radius 3 is 2.89 bits per heavy atom. The van der Waals surface area contributed by atoms with E-state index in [4.69, 9.17) is 9.47 Å². The van der Waals surface area contributed by atoms with Crippen LogP contribution < -0.4 is 0 Å². The normalized spacial score (nSPS) is 30.2. The van der Waals surface area contributed by atoms with Crippen LogP contribution in [0.3, 0.4) is 0 Å². The summed E-state index contributed by atoms with van der Waals surface area (Å²) in [5, 5.41) is 0. The van der Waals surface area contributed by atoms with Gasteiger partial charge >= 0.3 is 0 Å². The third-order valence-corrected chi connectivity index (χ3v) is 5.59. The van der Waals surface area contributed by atoms with Crippen molar-refractivity contribution >= 4 is 13.9 Å². The lowest BCUT2D eigenvalue weighted by Crippen LogP contribution is -2.32. The molecule has 1 saturated carbocycles. The van der Waals surface area contributed by atoms with Crippen LogP contribution >= 0.6 is 0 Å². The van der Waals surface area contributed by atoms with Crippen molar-refractivity contribution < 1.29 is 14.3 Å². The van der Waals surface area contributed by atoms with E-state index in [1.165, 1.54) is 0 Å². The van der Waals surface area contributed by atoms with Crippen LogP contribution in [0.1, 0.15) is 12.8 Å². The minimum Gasteiger partial charge on any atom is -0.356 e. The van der Waals surface area contributed by atoms with Crippen molar-refractivity contribution in [3.8, 4) is 0 Å². The third kappa shape index (κ3) is 3.65. The van der Waals surface area contributed by atoms with Crippen LogP contribution in [-0.2, 0) is 14.3 Å². The van der Waals surface area contributed by atoms with E-state index < -0.39 is 8.07 Å². The van der Waals surface area contributed by atoms with Gasteiger partial charge in [-0.3, -0.25) is 4.79 Å². The van der Waals surface area contributed by atoms with E-state index in [0.29, 0.717) is 6.79 Å². The highest BCUT2D eigenvalue weighted by Crippen LogP contribution is 2.45. The van der Waals surface area contributed by atoms with Gasteiger partial charge in [0, 0.05) is 27.0 Å². The topological polar surface area (TPSA) is 35.5 Å². The molecule has 2 aliphatic rings. The fourth-order valence-electron chi connectivity index (χ4n) is 2.60. The molecular formula is C15H24O3Si. The molecule has 2 atom stereocenters. The maximum atomic E-state index is 11.7. The van der Waals surface area contributed by atoms with Crippen molar-refractivity contribution in [1.29, 1.82) is 0 Å². The molecule has 3 nitrogen and oxygen atoms in total. The van der Waals surface area contributed by atoms with Gasteiger partial charge in [0.1, 0.15) is 6.79 Å². The lowest BCUT2D eigenvalue weighted by Gasteiger charge is -2.28. The van der Waals surface area contributed by atoms with Crippen LogP contribution in [0.2, 0.25) is 25.7 Å². The number of ether oxygens (including phenoxy) is 2. The van der Waals surface area contributed by atoms with Gasteiger partial charge in [-0.15, -0.1) is 0 Å². The number of carbonyl (C=O) groups excluding carboxylic acids is 1. The molecule has 2 rings (SSSR count). The third-order valence-electron chi connectivity index (χ3n) is 3.89. The SMILES string of the molecule is C=C1C[C@@]2(OCOCC[Si](C)(C)C)C=CC(=O)[C@@H]1C2. The van der Waals surface area contributed by atoms with Gasteiger partial charge < -0.3 is 9.47 Å². The number of carbonyl (C=O) groups is 1. The van der Waals surface area contributed by atoms with Gasteiger partial charge in [0.2, 0.25) is 0 Å². The van der Waals surface area contributed by atoms with E-state index in [-0.39, 0.29) is 17.3 Å². The van der Waals surface area contributed by atoms with Gasteiger partial charge in [0.15, 0.2) is 5.78 Å². The Bertz CT molecular complexity index is 408. The maximum Gasteiger partial charge on any atom is 0.162 e. The van der Waals surface area contributed by atoms with Crippen molar-refractivity contribution in [2.24, 2.45) is 5.92 Å². The Morgan fingerprint density at radius 2 is 2.21 bits per heavy atom. The molecule has 0 aromatic heterocycles. The molecule has 0 aliphatic heterocycles. The average molecular weight is 280 g/mol. The van der Waals surface area contributed by atoms with Gasteiger partial charge in [-0.2, -0.15) is 0 Å². The molecule has 0 N–H and O–H groups in total. The minimum absolute atomic E-state index is 0.0352. The van der Waals surface area contributed by atoms with Crippen LogP contribution in [0.5, 0.6) is 0 Å². The fraction of sp³-hybridized carbons (Fsp3) is 0.667. The van der Waals surface area contributed by atoms with Crippen molar-refractivity contribution in [2.75, 3.05) is 13.4 Å². The standard InChI is InChI=1S/C15H24O3Si/c1-12-9-15(6-5-14(16)13(12)10-15)18-11-17-7-8-19(2,3)4/h5-6,13H,1,7-11H2,2-4H3/t13-,15+/m1/s1. The summed E-state index contributed by atoms with van der Waals surface area (Å²) in [5.74, 6) is 0.133. The van der Waals surface area contributed by atoms with Gasteiger partial charge in [-0.1, -0.05) is 31.8 Å². The second-order valence-electron chi connectivity index (χ2n) is 6.87. The molecule has 0 saturated heterocycles. The van der Waals surface area contributed by atoms with Gasteiger partial charge in [0.05, 0.1) is 5.60 Å². The Hall–Kier alpha value is -0.713. The first-order valence-corrected chi connectivity index (χ1v) is 10.6. The lowest BCUT2D eigenvalue weighted by atomic mass is 9.90. The number of rotatable bonds is 6. The minimum atomic E-state index is -1.04. The van der Waals surface area contributed by atoms with Crippen LogP contribution in [0.25, 0.3) is 0 Å². The second-order valence-corrected chi connectivity index (χ2v) is 12.5.